The number of benzene rings is 2. The minimum absolute atomic E-state index is 0. The Kier molecular flexibility index (Phi) is 11.9. The van der Waals surface area contributed by atoms with Crippen molar-refractivity contribution in [3.63, 3.8) is 0 Å². The van der Waals surface area contributed by atoms with Gasteiger partial charge in [0.25, 0.3) is 0 Å². The Morgan fingerprint density at radius 3 is 2.61 bits per heavy atom. The SMILES string of the molecule is C.COC(=O)CNC[C@@H](COC(=O)Nc1cc2ccccc2cn1)N(C)C(=O)CCc1cccc(F)c1Cl. The molecule has 0 saturated heterocycles. The van der Waals surface area contributed by atoms with Crippen LogP contribution in [0.4, 0.5) is 15.0 Å². The number of halogens is 2. The number of hydrogen-bond donors (Lipinski definition) is 2. The molecule has 204 valence electrons. The molecule has 0 radical (unpaired) electrons. The van der Waals surface area contributed by atoms with E-state index in [1.807, 2.05) is 24.3 Å². The Balaban J connectivity index is 0.00000507. The fourth-order valence-electron chi connectivity index (χ4n) is 3.55. The molecule has 2 aromatic carbocycles. The molecule has 0 aliphatic carbocycles. The largest absolute Gasteiger partial charge is 0.468 e. The second kappa shape index (κ2) is 14.8. The lowest BCUT2D eigenvalue weighted by Crippen LogP contribution is -2.47. The third-order valence-corrected chi connectivity index (χ3v) is 6.15. The summed E-state index contributed by atoms with van der Waals surface area (Å²) < 4.78 is 23.7. The molecule has 1 heterocycles. The van der Waals surface area contributed by atoms with Crippen molar-refractivity contribution in [2.45, 2.75) is 26.3 Å². The summed E-state index contributed by atoms with van der Waals surface area (Å²) in [6.45, 7) is -0.0861. The topological polar surface area (TPSA) is 110 Å². The number of likely N-dealkylation sites (N-methyl/N-ethyl adjacent to an activating group) is 1. The molecule has 2 amide bonds. The van der Waals surface area contributed by atoms with Crippen molar-refractivity contribution in [1.82, 2.24) is 15.2 Å². The van der Waals surface area contributed by atoms with Gasteiger partial charge in [-0.05, 0) is 29.5 Å². The lowest BCUT2D eigenvalue weighted by Gasteiger charge is -2.28. The molecule has 1 atom stereocenters. The van der Waals surface area contributed by atoms with E-state index >= 15 is 0 Å². The lowest BCUT2D eigenvalue weighted by atomic mass is 10.1. The number of carbonyl (C=O) groups is 3. The van der Waals surface area contributed by atoms with Gasteiger partial charge in [0.2, 0.25) is 5.91 Å². The summed E-state index contributed by atoms with van der Waals surface area (Å²) in [6.07, 6.45) is 1.19. The molecule has 1 aromatic heterocycles. The predicted molar refractivity (Wildman–Crippen MR) is 145 cm³/mol. The summed E-state index contributed by atoms with van der Waals surface area (Å²) in [5.41, 5.74) is 0.516. The number of pyridine rings is 1. The van der Waals surface area contributed by atoms with E-state index in [4.69, 9.17) is 16.3 Å². The standard InChI is InChI=1S/C26H28ClFN4O5.CH4/c1-32(23(33)11-10-17-8-5-9-21(28)25(17)27)20(14-29-15-24(34)36-2)16-37-26(35)31-22-12-18-6-3-4-7-19(18)13-30-22;/h3-9,12-13,20,29H,10-11,14-16H2,1-2H3,(H,30,31,35);1H4/t20-;/m0./s1. The normalized spacial score (nSPS) is 11.3. The molecule has 9 nitrogen and oxygen atoms in total. The van der Waals surface area contributed by atoms with Crippen molar-refractivity contribution in [2.24, 2.45) is 0 Å². The van der Waals surface area contributed by atoms with Crippen molar-refractivity contribution < 1.29 is 28.2 Å². The first kappa shape index (κ1) is 30.5. The van der Waals surface area contributed by atoms with Crippen LogP contribution in [0, 0.1) is 5.82 Å². The summed E-state index contributed by atoms with van der Waals surface area (Å²) >= 11 is 5.99. The number of anilines is 1. The smallest absolute Gasteiger partial charge is 0.412 e. The number of carbonyl (C=O) groups excluding carboxylic acids is 3. The van der Waals surface area contributed by atoms with Gasteiger partial charge in [0.15, 0.2) is 0 Å². The van der Waals surface area contributed by atoms with Gasteiger partial charge in [-0.1, -0.05) is 55.4 Å². The molecule has 0 spiro atoms. The molecule has 0 bridgehead atoms. The number of esters is 1. The Labute approximate surface area is 226 Å². The highest BCUT2D eigenvalue weighted by molar-refractivity contribution is 6.31. The second-order valence-corrected chi connectivity index (χ2v) is 8.60. The molecule has 11 heteroatoms. The fraction of sp³-hybridized carbons (Fsp3) is 0.333. The summed E-state index contributed by atoms with van der Waals surface area (Å²) in [6, 6.07) is 13.1. The van der Waals surface area contributed by atoms with Gasteiger partial charge in [0.05, 0.1) is 24.7 Å². The van der Waals surface area contributed by atoms with E-state index < -0.39 is 23.9 Å². The van der Waals surface area contributed by atoms with Gasteiger partial charge in [0, 0.05) is 31.6 Å². The van der Waals surface area contributed by atoms with E-state index in [0.717, 1.165) is 10.8 Å². The van der Waals surface area contributed by atoms with Crippen LogP contribution in [0.5, 0.6) is 0 Å². The number of methoxy groups -OCH3 is 1. The predicted octanol–water partition coefficient (Wildman–Crippen LogP) is 4.43. The van der Waals surface area contributed by atoms with Crippen LogP contribution in [-0.4, -0.2) is 67.7 Å². The Bertz CT molecular complexity index is 1260. The minimum atomic E-state index is -0.742. The number of rotatable bonds is 11. The number of aromatic nitrogens is 1. The fourth-order valence-corrected chi connectivity index (χ4v) is 3.77. The van der Waals surface area contributed by atoms with Gasteiger partial charge in [-0.2, -0.15) is 0 Å². The number of ether oxygens (including phenoxy) is 2. The van der Waals surface area contributed by atoms with Gasteiger partial charge in [-0.15, -0.1) is 0 Å². The van der Waals surface area contributed by atoms with Crippen LogP contribution in [0.25, 0.3) is 10.8 Å². The van der Waals surface area contributed by atoms with E-state index in [1.54, 1.807) is 25.4 Å². The van der Waals surface area contributed by atoms with E-state index in [9.17, 15) is 18.8 Å². The second-order valence-electron chi connectivity index (χ2n) is 8.22. The van der Waals surface area contributed by atoms with Crippen LogP contribution in [0.1, 0.15) is 19.4 Å². The van der Waals surface area contributed by atoms with Gasteiger partial charge < -0.3 is 19.7 Å². The average Bonchev–Trinajstić information content (AvgIpc) is 2.90. The van der Waals surface area contributed by atoms with E-state index in [0.29, 0.717) is 11.4 Å². The molecule has 38 heavy (non-hydrogen) atoms. The monoisotopic (exact) mass is 546 g/mol. The van der Waals surface area contributed by atoms with Crippen molar-refractivity contribution >= 4 is 46.2 Å². The maximum atomic E-state index is 13.7. The first-order chi connectivity index (χ1) is 17.8. The molecule has 3 aromatic rings. The molecule has 0 saturated carbocycles. The maximum absolute atomic E-state index is 13.7. The average molecular weight is 547 g/mol. The third-order valence-electron chi connectivity index (χ3n) is 5.73. The zero-order chi connectivity index (χ0) is 26.8. The zero-order valence-electron chi connectivity index (χ0n) is 20.5. The van der Waals surface area contributed by atoms with Crippen molar-refractivity contribution in [3.05, 3.63) is 71.1 Å². The van der Waals surface area contributed by atoms with E-state index in [2.05, 4.69) is 20.4 Å². The van der Waals surface area contributed by atoms with Gasteiger partial charge >= 0.3 is 12.1 Å². The van der Waals surface area contributed by atoms with E-state index in [-0.39, 0.29) is 50.9 Å². The van der Waals surface area contributed by atoms with Gasteiger partial charge in [0.1, 0.15) is 18.2 Å². The van der Waals surface area contributed by atoms with Crippen LogP contribution >= 0.6 is 11.6 Å². The zero-order valence-corrected chi connectivity index (χ0v) is 21.3. The van der Waals surface area contributed by atoms with Crippen molar-refractivity contribution in [2.75, 3.05) is 39.2 Å². The van der Waals surface area contributed by atoms with Gasteiger partial charge in [-0.3, -0.25) is 14.9 Å². The highest BCUT2D eigenvalue weighted by Gasteiger charge is 2.22. The number of fused-ring (bicyclic) bond motifs is 1. The van der Waals surface area contributed by atoms with E-state index in [1.165, 1.54) is 24.1 Å². The Hall–Kier alpha value is -3.76. The van der Waals surface area contributed by atoms with Crippen LogP contribution in [0.3, 0.4) is 0 Å². The van der Waals surface area contributed by atoms with Crippen LogP contribution < -0.4 is 10.6 Å². The molecular formula is C27H32ClFN4O5. The molecule has 2 N–H and O–H groups in total. The van der Waals surface area contributed by atoms with Crippen LogP contribution in [-0.2, 0) is 25.5 Å². The number of hydrogen-bond acceptors (Lipinski definition) is 7. The number of amides is 2. The summed E-state index contributed by atoms with van der Waals surface area (Å²) in [4.78, 5) is 42.4. The highest BCUT2D eigenvalue weighted by atomic mass is 35.5. The molecule has 0 aliphatic heterocycles. The minimum Gasteiger partial charge on any atom is -0.468 e. The maximum Gasteiger partial charge on any atom is 0.412 e. The quantitative estimate of drug-likeness (QED) is 0.342. The Morgan fingerprint density at radius 2 is 1.87 bits per heavy atom. The summed E-state index contributed by atoms with van der Waals surface area (Å²) in [5.74, 6) is -0.981. The molecule has 3 rings (SSSR count). The highest BCUT2D eigenvalue weighted by Crippen LogP contribution is 2.21. The van der Waals surface area contributed by atoms with Crippen molar-refractivity contribution in [1.29, 1.82) is 0 Å². The summed E-state index contributed by atoms with van der Waals surface area (Å²) in [5, 5.41) is 7.29. The molecule has 0 aliphatic rings. The number of nitrogens with one attached hydrogen (secondary N) is 2. The lowest BCUT2D eigenvalue weighted by molar-refractivity contribution is -0.139. The first-order valence-electron chi connectivity index (χ1n) is 11.5. The molecule has 0 fully saturated rings. The van der Waals surface area contributed by atoms with Crippen LogP contribution in [0.2, 0.25) is 5.02 Å². The third kappa shape index (κ3) is 8.67. The first-order valence-corrected chi connectivity index (χ1v) is 11.9. The summed E-state index contributed by atoms with van der Waals surface area (Å²) in [7, 11) is 2.83. The number of nitrogens with zero attached hydrogens (tertiary/aromatic N) is 2. The molecule has 0 unspecified atom stereocenters. The Morgan fingerprint density at radius 1 is 1.13 bits per heavy atom. The van der Waals surface area contributed by atoms with Gasteiger partial charge in [-0.25, -0.2) is 14.2 Å². The van der Waals surface area contributed by atoms with Crippen LogP contribution in [0.15, 0.2) is 54.7 Å². The number of aryl methyl sites for hydroxylation is 1. The molecular weight excluding hydrogens is 515 g/mol. The van der Waals surface area contributed by atoms with Crippen molar-refractivity contribution in [3.8, 4) is 0 Å².